The highest BCUT2D eigenvalue weighted by atomic mass is 127. The molecule has 0 fully saturated rings. The predicted octanol–water partition coefficient (Wildman–Crippen LogP) is 4.49. The maximum atomic E-state index is 11.6. The highest BCUT2D eigenvalue weighted by Gasteiger charge is 2.23. The molecular formula is C17H14IN5O3. The van der Waals surface area contributed by atoms with E-state index in [1.165, 1.54) is 6.33 Å². The number of nitro groups is 1. The first-order chi connectivity index (χ1) is 12.6. The third-order valence-corrected chi connectivity index (χ3v) is 4.16. The van der Waals surface area contributed by atoms with E-state index in [9.17, 15) is 10.1 Å². The molecule has 0 spiro atoms. The molecular weight excluding hydrogens is 449 g/mol. The second-order valence-electron chi connectivity index (χ2n) is 5.17. The van der Waals surface area contributed by atoms with Crippen LogP contribution in [0.15, 0.2) is 54.9 Å². The molecule has 0 bridgehead atoms. The quantitative estimate of drug-likeness (QED) is 0.316. The summed E-state index contributed by atoms with van der Waals surface area (Å²) in [5, 5.41) is 17.5. The van der Waals surface area contributed by atoms with Crippen molar-refractivity contribution in [1.29, 1.82) is 0 Å². The van der Waals surface area contributed by atoms with E-state index in [2.05, 4.69) is 43.2 Å². The molecule has 1 aromatic heterocycles. The summed E-state index contributed by atoms with van der Waals surface area (Å²) in [6, 6.07) is 14.5. The van der Waals surface area contributed by atoms with Crippen LogP contribution in [0.4, 0.5) is 28.7 Å². The lowest BCUT2D eigenvalue weighted by molar-refractivity contribution is -0.383. The Morgan fingerprint density at radius 2 is 1.69 bits per heavy atom. The molecule has 26 heavy (non-hydrogen) atoms. The van der Waals surface area contributed by atoms with Crippen LogP contribution >= 0.6 is 22.6 Å². The van der Waals surface area contributed by atoms with Gasteiger partial charge in [0.15, 0.2) is 0 Å². The monoisotopic (exact) mass is 463 g/mol. The Morgan fingerprint density at radius 3 is 2.31 bits per heavy atom. The summed E-state index contributed by atoms with van der Waals surface area (Å²) in [5.74, 6) is 0.826. The lowest BCUT2D eigenvalue weighted by atomic mass is 10.3. The predicted molar refractivity (Wildman–Crippen MR) is 107 cm³/mol. The Morgan fingerprint density at radius 1 is 1.04 bits per heavy atom. The second kappa shape index (κ2) is 7.95. The molecule has 0 saturated heterocycles. The zero-order chi connectivity index (χ0) is 18.5. The van der Waals surface area contributed by atoms with Crippen LogP contribution in [0.1, 0.15) is 0 Å². The van der Waals surface area contributed by atoms with Gasteiger partial charge < -0.3 is 15.4 Å². The lowest BCUT2D eigenvalue weighted by Gasteiger charge is -2.11. The number of benzene rings is 2. The lowest BCUT2D eigenvalue weighted by Crippen LogP contribution is -2.05. The van der Waals surface area contributed by atoms with Gasteiger partial charge in [0.05, 0.1) is 12.0 Å². The Balaban J connectivity index is 1.95. The van der Waals surface area contributed by atoms with Crippen molar-refractivity contribution < 1.29 is 9.66 Å². The van der Waals surface area contributed by atoms with Gasteiger partial charge in [0, 0.05) is 21.0 Å². The van der Waals surface area contributed by atoms with Crippen LogP contribution in [-0.2, 0) is 0 Å². The first-order valence-corrected chi connectivity index (χ1v) is 8.58. The van der Waals surface area contributed by atoms with Gasteiger partial charge in [0.2, 0.25) is 11.6 Å². The normalized spacial score (nSPS) is 10.2. The average Bonchev–Trinajstić information content (AvgIpc) is 2.64. The molecule has 9 heteroatoms. The van der Waals surface area contributed by atoms with Crippen molar-refractivity contribution in [2.24, 2.45) is 0 Å². The van der Waals surface area contributed by atoms with Crippen molar-refractivity contribution in [3.8, 4) is 5.75 Å². The Bertz CT molecular complexity index is 934. The molecule has 0 amide bonds. The zero-order valence-corrected chi connectivity index (χ0v) is 15.8. The van der Waals surface area contributed by atoms with Crippen LogP contribution in [0.25, 0.3) is 0 Å². The van der Waals surface area contributed by atoms with Crippen molar-refractivity contribution in [3.63, 3.8) is 0 Å². The zero-order valence-electron chi connectivity index (χ0n) is 13.6. The van der Waals surface area contributed by atoms with E-state index in [4.69, 9.17) is 4.74 Å². The minimum absolute atomic E-state index is 0.0891. The molecule has 2 aromatic carbocycles. The van der Waals surface area contributed by atoms with Crippen molar-refractivity contribution in [2.75, 3.05) is 17.7 Å². The molecule has 0 aliphatic carbocycles. The molecule has 132 valence electrons. The molecule has 3 aromatic rings. The molecule has 2 N–H and O–H groups in total. The first kappa shape index (κ1) is 17.9. The number of anilines is 4. The van der Waals surface area contributed by atoms with Gasteiger partial charge in [-0.25, -0.2) is 9.97 Å². The van der Waals surface area contributed by atoms with Gasteiger partial charge in [-0.05, 0) is 59.0 Å². The number of nitrogens with one attached hydrogen (secondary N) is 2. The summed E-state index contributed by atoms with van der Waals surface area (Å²) >= 11 is 2.19. The molecule has 3 rings (SSSR count). The molecule has 0 radical (unpaired) electrons. The van der Waals surface area contributed by atoms with Gasteiger partial charge in [-0.3, -0.25) is 10.1 Å². The minimum Gasteiger partial charge on any atom is -0.497 e. The molecule has 0 aliphatic rings. The van der Waals surface area contributed by atoms with Crippen LogP contribution in [-0.4, -0.2) is 22.0 Å². The molecule has 0 aliphatic heterocycles. The number of hydrogen-bond donors (Lipinski definition) is 2. The standard InChI is InChI=1S/C17H14IN5O3/c1-26-14-4-2-3-13(9-14)22-17-15(23(24)25)16(19-10-20-17)21-12-7-5-11(18)6-8-12/h2-10H,1H3,(H2,19,20,21,22). The van der Waals surface area contributed by atoms with Gasteiger partial charge >= 0.3 is 5.69 Å². The van der Waals surface area contributed by atoms with E-state index in [1.54, 1.807) is 31.4 Å². The fraction of sp³-hybridized carbons (Fsp3) is 0.0588. The number of methoxy groups -OCH3 is 1. The Labute approximate surface area is 162 Å². The number of halogens is 1. The van der Waals surface area contributed by atoms with Crippen LogP contribution in [0, 0.1) is 13.7 Å². The van der Waals surface area contributed by atoms with E-state index < -0.39 is 4.92 Å². The van der Waals surface area contributed by atoms with E-state index in [-0.39, 0.29) is 17.3 Å². The third-order valence-electron chi connectivity index (χ3n) is 3.44. The molecule has 0 atom stereocenters. The molecule has 0 saturated carbocycles. The maximum absolute atomic E-state index is 11.6. The van der Waals surface area contributed by atoms with Gasteiger partial charge in [0.25, 0.3) is 0 Å². The fourth-order valence-corrected chi connectivity index (χ4v) is 2.60. The van der Waals surface area contributed by atoms with Crippen molar-refractivity contribution in [3.05, 3.63) is 68.5 Å². The minimum atomic E-state index is -0.516. The Kier molecular flexibility index (Phi) is 5.46. The topological polar surface area (TPSA) is 102 Å². The summed E-state index contributed by atoms with van der Waals surface area (Å²) in [4.78, 5) is 19.1. The molecule has 1 heterocycles. The van der Waals surface area contributed by atoms with E-state index in [0.29, 0.717) is 17.1 Å². The first-order valence-electron chi connectivity index (χ1n) is 7.50. The van der Waals surface area contributed by atoms with Crippen LogP contribution < -0.4 is 15.4 Å². The average molecular weight is 463 g/mol. The molecule has 0 unspecified atom stereocenters. The SMILES string of the molecule is COc1cccc(Nc2ncnc(Nc3ccc(I)cc3)c2[N+](=O)[O-])c1. The summed E-state index contributed by atoms with van der Waals surface area (Å²) in [7, 11) is 1.55. The number of hydrogen-bond acceptors (Lipinski definition) is 7. The van der Waals surface area contributed by atoms with Crippen molar-refractivity contribution in [1.82, 2.24) is 9.97 Å². The van der Waals surface area contributed by atoms with E-state index in [1.807, 2.05) is 24.3 Å². The number of aromatic nitrogens is 2. The third kappa shape index (κ3) is 4.17. The second-order valence-corrected chi connectivity index (χ2v) is 6.41. The summed E-state index contributed by atoms with van der Waals surface area (Å²) in [6.07, 6.45) is 1.27. The van der Waals surface area contributed by atoms with Gasteiger partial charge in [-0.1, -0.05) is 6.07 Å². The fourth-order valence-electron chi connectivity index (χ4n) is 2.24. The molecule has 8 nitrogen and oxygen atoms in total. The summed E-state index contributed by atoms with van der Waals surface area (Å²) in [5.41, 5.74) is 1.07. The van der Waals surface area contributed by atoms with Crippen LogP contribution in [0.3, 0.4) is 0 Å². The van der Waals surface area contributed by atoms with E-state index in [0.717, 1.165) is 3.57 Å². The number of ether oxygens (including phenoxy) is 1. The largest absolute Gasteiger partial charge is 0.497 e. The van der Waals surface area contributed by atoms with Crippen LogP contribution in [0.2, 0.25) is 0 Å². The van der Waals surface area contributed by atoms with Crippen LogP contribution in [0.5, 0.6) is 5.75 Å². The number of rotatable bonds is 6. The van der Waals surface area contributed by atoms with Gasteiger partial charge in [-0.2, -0.15) is 0 Å². The van der Waals surface area contributed by atoms with Crippen molar-refractivity contribution >= 4 is 51.3 Å². The van der Waals surface area contributed by atoms with E-state index >= 15 is 0 Å². The van der Waals surface area contributed by atoms with Gasteiger partial charge in [0.1, 0.15) is 12.1 Å². The van der Waals surface area contributed by atoms with Crippen molar-refractivity contribution in [2.45, 2.75) is 0 Å². The highest BCUT2D eigenvalue weighted by Crippen LogP contribution is 2.33. The smallest absolute Gasteiger partial charge is 0.353 e. The summed E-state index contributed by atoms with van der Waals surface area (Å²) < 4.78 is 6.22. The highest BCUT2D eigenvalue weighted by molar-refractivity contribution is 14.1. The maximum Gasteiger partial charge on any atom is 0.353 e. The van der Waals surface area contributed by atoms with Gasteiger partial charge in [-0.15, -0.1) is 0 Å². The summed E-state index contributed by atoms with van der Waals surface area (Å²) in [6.45, 7) is 0. The number of nitrogens with zero attached hydrogens (tertiary/aromatic N) is 3. The Hall–Kier alpha value is -2.95.